The highest BCUT2D eigenvalue weighted by Gasteiger charge is 2.34. The van der Waals surface area contributed by atoms with E-state index < -0.39 is 35.0 Å². The van der Waals surface area contributed by atoms with Gasteiger partial charge in [-0.15, -0.1) is 0 Å². The molecule has 0 aliphatic carbocycles. The van der Waals surface area contributed by atoms with E-state index in [2.05, 4.69) is 10.00 Å². The highest BCUT2D eigenvalue weighted by molar-refractivity contribution is 5.95. The van der Waals surface area contributed by atoms with E-state index in [9.17, 15) is 18.0 Å². The third kappa shape index (κ3) is 3.82. The lowest BCUT2D eigenvalue weighted by Crippen LogP contribution is -2.39. The molecule has 0 bridgehead atoms. The van der Waals surface area contributed by atoms with Crippen LogP contribution in [0.1, 0.15) is 53.3 Å². The summed E-state index contributed by atoms with van der Waals surface area (Å²) < 4.78 is 44.0. The number of hydrogen-bond donors (Lipinski definition) is 1. The number of aryl methyl sites for hydroxylation is 1. The fourth-order valence-electron chi connectivity index (χ4n) is 4.83. The van der Waals surface area contributed by atoms with Crippen LogP contribution < -0.4 is 10.6 Å². The number of rotatable bonds is 3. The fourth-order valence-corrected chi connectivity index (χ4v) is 4.83. The number of carbonyl (C=O) groups is 1. The monoisotopic (exact) mass is 458 g/mol. The Morgan fingerprint density at radius 3 is 2.67 bits per heavy atom. The topological polar surface area (TPSA) is 79.8 Å². The van der Waals surface area contributed by atoms with Crippen LogP contribution in [0.3, 0.4) is 0 Å². The smallest absolute Gasteiger partial charge is 0.260 e. The van der Waals surface area contributed by atoms with Gasteiger partial charge < -0.3 is 15.5 Å². The molecule has 0 radical (unpaired) electrons. The zero-order chi connectivity index (χ0) is 23.3. The van der Waals surface area contributed by atoms with Gasteiger partial charge in [0.15, 0.2) is 17.3 Å². The van der Waals surface area contributed by atoms with Crippen molar-refractivity contribution in [3.63, 3.8) is 0 Å². The number of piperidine rings is 1. The number of benzene rings is 1. The molecule has 2 N–H and O–H groups in total. The molecule has 0 unspecified atom stereocenters. The van der Waals surface area contributed by atoms with Gasteiger partial charge in [0.25, 0.3) is 5.91 Å². The molecule has 33 heavy (non-hydrogen) atoms. The molecule has 10 heteroatoms. The Kier molecular flexibility index (Phi) is 5.48. The van der Waals surface area contributed by atoms with Gasteiger partial charge in [-0.25, -0.2) is 22.7 Å². The molecule has 2 aliphatic rings. The van der Waals surface area contributed by atoms with Crippen LogP contribution in [0.4, 0.5) is 19.0 Å². The van der Waals surface area contributed by atoms with Crippen molar-refractivity contribution in [2.24, 2.45) is 5.73 Å². The zero-order valence-corrected chi connectivity index (χ0v) is 18.3. The Morgan fingerprint density at radius 1 is 1.12 bits per heavy atom. The second-order valence-electron chi connectivity index (χ2n) is 8.84. The Hall–Kier alpha value is -3.14. The van der Waals surface area contributed by atoms with Gasteiger partial charge in [0.1, 0.15) is 17.2 Å². The number of aromatic nitrogens is 3. The normalized spacial score (nSPS) is 21.2. The summed E-state index contributed by atoms with van der Waals surface area (Å²) in [6.07, 6.45) is 4.89. The van der Waals surface area contributed by atoms with E-state index in [4.69, 9.17) is 10.7 Å². The largest absolute Gasteiger partial charge is 0.355 e. The molecule has 3 aromatic rings. The fraction of sp³-hybridized carbons (Fsp3) is 0.435. The molecule has 2 saturated heterocycles. The van der Waals surface area contributed by atoms with Crippen molar-refractivity contribution in [2.45, 2.75) is 44.7 Å². The van der Waals surface area contributed by atoms with Crippen molar-refractivity contribution in [1.29, 1.82) is 0 Å². The second kappa shape index (κ2) is 8.33. The van der Waals surface area contributed by atoms with Crippen LogP contribution in [-0.4, -0.2) is 51.1 Å². The molecule has 0 saturated carbocycles. The standard InChI is InChI=1S/C23H25F3N6O/c1-13-11-32-19(28-22(13)30-9-7-14(27)12-30)10-17(29-32)18-4-2-3-8-31(18)23(33)20-15(24)5-6-16(25)21(20)26/h5-6,10-11,14,18H,2-4,7-9,12,27H2,1H3/t14-,18-/m0/s1. The quantitative estimate of drug-likeness (QED) is 0.609. The Balaban J connectivity index is 1.50. The third-order valence-electron chi connectivity index (χ3n) is 6.51. The van der Waals surface area contributed by atoms with Crippen LogP contribution in [0.25, 0.3) is 5.65 Å². The number of nitrogens with zero attached hydrogens (tertiary/aromatic N) is 5. The minimum Gasteiger partial charge on any atom is -0.355 e. The molecule has 2 atom stereocenters. The summed E-state index contributed by atoms with van der Waals surface area (Å²) in [7, 11) is 0. The van der Waals surface area contributed by atoms with Crippen LogP contribution in [0.2, 0.25) is 0 Å². The van der Waals surface area contributed by atoms with Crippen LogP contribution in [-0.2, 0) is 0 Å². The van der Waals surface area contributed by atoms with Gasteiger partial charge >= 0.3 is 0 Å². The first-order valence-electron chi connectivity index (χ1n) is 11.2. The number of likely N-dealkylation sites (tertiary alicyclic amines) is 1. The molecule has 2 aliphatic heterocycles. The molecule has 0 spiro atoms. The van der Waals surface area contributed by atoms with E-state index >= 15 is 0 Å². The minimum absolute atomic E-state index is 0.119. The molecule has 1 amide bonds. The highest BCUT2D eigenvalue weighted by Crippen LogP contribution is 2.33. The SMILES string of the molecule is Cc1cn2nc([C@@H]3CCCCN3C(=O)c3c(F)ccc(F)c3F)cc2nc1N1CC[C@H](N)C1. The first kappa shape index (κ1) is 21.7. The Labute approximate surface area is 189 Å². The summed E-state index contributed by atoms with van der Waals surface area (Å²) in [5, 5.41) is 4.62. The van der Waals surface area contributed by atoms with Crippen LogP contribution in [0.15, 0.2) is 24.4 Å². The van der Waals surface area contributed by atoms with E-state index in [0.29, 0.717) is 36.8 Å². The lowest BCUT2D eigenvalue weighted by molar-refractivity contribution is 0.0594. The predicted octanol–water partition coefficient (Wildman–Crippen LogP) is 3.36. The average molecular weight is 458 g/mol. The van der Waals surface area contributed by atoms with E-state index in [1.54, 1.807) is 10.6 Å². The highest BCUT2D eigenvalue weighted by atomic mass is 19.2. The lowest BCUT2D eigenvalue weighted by Gasteiger charge is -2.34. The number of hydrogen-bond acceptors (Lipinski definition) is 5. The van der Waals surface area contributed by atoms with E-state index in [1.807, 2.05) is 13.1 Å². The molecule has 174 valence electrons. The van der Waals surface area contributed by atoms with Crippen LogP contribution in [0, 0.1) is 24.4 Å². The van der Waals surface area contributed by atoms with Gasteiger partial charge in [-0.3, -0.25) is 4.79 Å². The second-order valence-corrected chi connectivity index (χ2v) is 8.84. The van der Waals surface area contributed by atoms with E-state index in [1.165, 1.54) is 4.90 Å². The van der Waals surface area contributed by atoms with Crippen molar-refractivity contribution in [3.05, 3.63) is 58.7 Å². The number of carbonyl (C=O) groups excluding carboxylic acids is 1. The lowest BCUT2D eigenvalue weighted by atomic mass is 9.98. The molecule has 2 aromatic heterocycles. The number of halogens is 3. The molecule has 2 fully saturated rings. The maximum Gasteiger partial charge on any atom is 0.260 e. The summed E-state index contributed by atoms with van der Waals surface area (Å²) >= 11 is 0. The zero-order valence-electron chi connectivity index (χ0n) is 18.3. The van der Waals surface area contributed by atoms with Gasteiger partial charge in [0, 0.05) is 43.5 Å². The van der Waals surface area contributed by atoms with E-state index in [0.717, 1.165) is 43.4 Å². The number of nitrogens with two attached hydrogens (primary N) is 1. The third-order valence-corrected chi connectivity index (χ3v) is 6.51. The molecule has 5 rings (SSSR count). The molecule has 7 nitrogen and oxygen atoms in total. The van der Waals surface area contributed by atoms with Gasteiger partial charge in [0.2, 0.25) is 0 Å². The van der Waals surface area contributed by atoms with Gasteiger partial charge in [-0.05, 0) is 44.7 Å². The van der Waals surface area contributed by atoms with Crippen LogP contribution in [0.5, 0.6) is 0 Å². The number of amides is 1. The van der Waals surface area contributed by atoms with Crippen LogP contribution >= 0.6 is 0 Å². The van der Waals surface area contributed by atoms with Crippen molar-refractivity contribution in [2.75, 3.05) is 24.5 Å². The molecular weight excluding hydrogens is 433 g/mol. The summed E-state index contributed by atoms with van der Waals surface area (Å²) in [6.45, 7) is 3.83. The summed E-state index contributed by atoms with van der Waals surface area (Å²) in [4.78, 5) is 21.4. The summed E-state index contributed by atoms with van der Waals surface area (Å²) in [5.74, 6) is -3.83. The van der Waals surface area contributed by atoms with Gasteiger partial charge in [-0.1, -0.05) is 0 Å². The van der Waals surface area contributed by atoms with Gasteiger partial charge in [0.05, 0.1) is 11.7 Å². The first-order chi connectivity index (χ1) is 15.8. The average Bonchev–Trinajstić information content (AvgIpc) is 3.41. The first-order valence-corrected chi connectivity index (χ1v) is 11.2. The summed E-state index contributed by atoms with van der Waals surface area (Å²) in [5.41, 5.74) is 7.33. The van der Waals surface area contributed by atoms with Crippen molar-refractivity contribution in [1.82, 2.24) is 19.5 Å². The summed E-state index contributed by atoms with van der Waals surface area (Å²) in [6, 6.07) is 2.88. The minimum atomic E-state index is -1.47. The van der Waals surface area contributed by atoms with Crippen molar-refractivity contribution in [3.8, 4) is 0 Å². The van der Waals surface area contributed by atoms with Crippen molar-refractivity contribution >= 4 is 17.4 Å². The number of fused-ring (bicyclic) bond motifs is 1. The van der Waals surface area contributed by atoms with E-state index in [-0.39, 0.29) is 6.04 Å². The Morgan fingerprint density at radius 2 is 1.91 bits per heavy atom. The molecule has 4 heterocycles. The predicted molar refractivity (Wildman–Crippen MR) is 116 cm³/mol. The van der Waals surface area contributed by atoms with Crippen molar-refractivity contribution < 1.29 is 18.0 Å². The maximum atomic E-state index is 14.3. The Bertz CT molecular complexity index is 1230. The van der Waals surface area contributed by atoms with Gasteiger partial charge in [-0.2, -0.15) is 5.10 Å². The molecular formula is C23H25F3N6O. The molecule has 1 aromatic carbocycles. The number of anilines is 1. The maximum absolute atomic E-state index is 14.3.